The fourth-order valence-electron chi connectivity index (χ4n) is 3.33. The minimum absolute atomic E-state index is 0.441. The van der Waals surface area contributed by atoms with Crippen molar-refractivity contribution in [2.75, 3.05) is 6.54 Å². The van der Waals surface area contributed by atoms with Crippen LogP contribution in [-0.4, -0.2) is 6.54 Å². The van der Waals surface area contributed by atoms with E-state index in [0.717, 1.165) is 24.3 Å². The van der Waals surface area contributed by atoms with Crippen molar-refractivity contribution in [2.24, 2.45) is 28.9 Å². The fourth-order valence-corrected chi connectivity index (χ4v) is 3.33. The lowest BCUT2D eigenvalue weighted by molar-refractivity contribution is 0.0773. The van der Waals surface area contributed by atoms with Gasteiger partial charge in [-0.1, -0.05) is 47.0 Å². The predicted molar refractivity (Wildman–Crippen MR) is 67.7 cm³/mol. The van der Waals surface area contributed by atoms with Gasteiger partial charge in [0.2, 0.25) is 0 Å². The summed E-state index contributed by atoms with van der Waals surface area (Å²) < 4.78 is 0. The molecule has 0 spiro atoms. The smallest absolute Gasteiger partial charge is 0.00460 e. The lowest BCUT2D eigenvalue weighted by atomic mass is 9.63. The van der Waals surface area contributed by atoms with E-state index < -0.39 is 0 Å². The molecule has 15 heavy (non-hydrogen) atoms. The molecule has 1 rings (SSSR count). The Labute approximate surface area is 95.8 Å². The van der Waals surface area contributed by atoms with Gasteiger partial charge < -0.3 is 5.73 Å². The Kier molecular flexibility index (Phi) is 4.64. The van der Waals surface area contributed by atoms with E-state index in [0.29, 0.717) is 5.41 Å². The standard InChI is InChI=1S/C14H29N/c1-5-6-11-7-8-12(10-15)13(9-11)14(2,3)4/h11-13H,5-10,15H2,1-4H3. The molecule has 90 valence electrons. The van der Waals surface area contributed by atoms with Crippen molar-refractivity contribution in [3.8, 4) is 0 Å². The maximum Gasteiger partial charge on any atom is -0.00460 e. The Balaban J connectivity index is 2.61. The summed E-state index contributed by atoms with van der Waals surface area (Å²) in [6.07, 6.45) is 6.96. The molecule has 2 N–H and O–H groups in total. The highest BCUT2D eigenvalue weighted by Crippen LogP contribution is 2.44. The summed E-state index contributed by atoms with van der Waals surface area (Å²) in [5, 5.41) is 0. The third kappa shape index (κ3) is 3.48. The van der Waals surface area contributed by atoms with Crippen LogP contribution < -0.4 is 5.73 Å². The fraction of sp³-hybridized carbons (Fsp3) is 1.00. The molecule has 3 atom stereocenters. The van der Waals surface area contributed by atoms with Crippen LogP contribution in [0.5, 0.6) is 0 Å². The minimum atomic E-state index is 0.441. The molecule has 1 heteroatoms. The zero-order valence-corrected chi connectivity index (χ0v) is 11.1. The van der Waals surface area contributed by atoms with E-state index in [2.05, 4.69) is 27.7 Å². The lowest BCUT2D eigenvalue weighted by Gasteiger charge is -2.43. The first kappa shape index (κ1) is 13.0. The summed E-state index contributed by atoms with van der Waals surface area (Å²) in [6.45, 7) is 10.3. The molecule has 3 unspecified atom stereocenters. The van der Waals surface area contributed by atoms with Gasteiger partial charge in [-0.05, 0) is 42.6 Å². The van der Waals surface area contributed by atoms with Gasteiger partial charge in [0.1, 0.15) is 0 Å². The molecule has 0 aromatic rings. The first-order valence-electron chi connectivity index (χ1n) is 6.69. The van der Waals surface area contributed by atoms with E-state index in [1.807, 2.05) is 0 Å². The van der Waals surface area contributed by atoms with Crippen LogP contribution in [0.3, 0.4) is 0 Å². The van der Waals surface area contributed by atoms with Crippen molar-refractivity contribution >= 4 is 0 Å². The maximum atomic E-state index is 5.91. The molecule has 0 heterocycles. The van der Waals surface area contributed by atoms with E-state index in [1.165, 1.54) is 32.1 Å². The Hall–Kier alpha value is -0.0400. The molecule has 0 radical (unpaired) electrons. The van der Waals surface area contributed by atoms with E-state index >= 15 is 0 Å². The quantitative estimate of drug-likeness (QED) is 0.754. The van der Waals surface area contributed by atoms with Gasteiger partial charge in [-0.2, -0.15) is 0 Å². The van der Waals surface area contributed by atoms with Gasteiger partial charge >= 0.3 is 0 Å². The Morgan fingerprint density at radius 1 is 1.20 bits per heavy atom. The second-order valence-electron chi connectivity index (χ2n) is 6.44. The molecular formula is C14H29N. The van der Waals surface area contributed by atoms with Crippen LogP contribution in [0.15, 0.2) is 0 Å². The lowest BCUT2D eigenvalue weighted by Crippen LogP contribution is -2.37. The summed E-state index contributed by atoms with van der Waals surface area (Å²) in [4.78, 5) is 0. The second kappa shape index (κ2) is 5.34. The summed E-state index contributed by atoms with van der Waals surface area (Å²) in [7, 11) is 0. The molecule has 1 fully saturated rings. The van der Waals surface area contributed by atoms with Crippen LogP contribution in [0.2, 0.25) is 0 Å². The first-order chi connectivity index (χ1) is 6.99. The molecule has 0 aromatic heterocycles. The van der Waals surface area contributed by atoms with E-state index in [-0.39, 0.29) is 0 Å². The summed E-state index contributed by atoms with van der Waals surface area (Å²) >= 11 is 0. The number of hydrogen-bond acceptors (Lipinski definition) is 1. The molecule has 1 aliphatic rings. The molecule has 0 aliphatic heterocycles. The van der Waals surface area contributed by atoms with Crippen molar-refractivity contribution in [1.29, 1.82) is 0 Å². The zero-order valence-electron chi connectivity index (χ0n) is 11.1. The third-order valence-electron chi connectivity index (χ3n) is 4.21. The minimum Gasteiger partial charge on any atom is -0.330 e. The highest BCUT2D eigenvalue weighted by molar-refractivity contribution is 4.87. The zero-order chi connectivity index (χ0) is 11.5. The molecule has 1 aliphatic carbocycles. The van der Waals surface area contributed by atoms with Gasteiger partial charge in [0.05, 0.1) is 0 Å². The second-order valence-corrected chi connectivity index (χ2v) is 6.44. The van der Waals surface area contributed by atoms with E-state index in [1.54, 1.807) is 0 Å². The molecule has 1 nitrogen and oxygen atoms in total. The van der Waals surface area contributed by atoms with Crippen molar-refractivity contribution in [3.05, 3.63) is 0 Å². The molecule has 0 bridgehead atoms. The molecule has 0 saturated heterocycles. The van der Waals surface area contributed by atoms with Crippen molar-refractivity contribution in [2.45, 2.75) is 59.8 Å². The topological polar surface area (TPSA) is 26.0 Å². The third-order valence-corrected chi connectivity index (χ3v) is 4.21. The highest BCUT2D eigenvalue weighted by atomic mass is 14.6. The largest absolute Gasteiger partial charge is 0.330 e. The summed E-state index contributed by atoms with van der Waals surface area (Å²) in [5.41, 5.74) is 6.35. The maximum absolute atomic E-state index is 5.91. The van der Waals surface area contributed by atoms with Crippen LogP contribution >= 0.6 is 0 Å². The van der Waals surface area contributed by atoms with Gasteiger partial charge in [0, 0.05) is 0 Å². The van der Waals surface area contributed by atoms with Gasteiger partial charge in [-0.3, -0.25) is 0 Å². The van der Waals surface area contributed by atoms with E-state index in [4.69, 9.17) is 5.73 Å². The summed E-state index contributed by atoms with van der Waals surface area (Å²) in [6, 6.07) is 0. The number of nitrogens with two attached hydrogens (primary N) is 1. The molecule has 1 saturated carbocycles. The average Bonchev–Trinajstić information content (AvgIpc) is 2.17. The SMILES string of the molecule is CCCC1CCC(CN)C(C(C)(C)C)C1. The Morgan fingerprint density at radius 2 is 1.87 bits per heavy atom. The van der Waals surface area contributed by atoms with Gasteiger partial charge in [-0.25, -0.2) is 0 Å². The van der Waals surface area contributed by atoms with Gasteiger partial charge in [-0.15, -0.1) is 0 Å². The van der Waals surface area contributed by atoms with Gasteiger partial charge in [0.15, 0.2) is 0 Å². The summed E-state index contributed by atoms with van der Waals surface area (Å²) in [5.74, 6) is 2.59. The monoisotopic (exact) mass is 211 g/mol. The predicted octanol–water partition coefficient (Wildman–Crippen LogP) is 3.82. The normalized spacial score (nSPS) is 33.0. The van der Waals surface area contributed by atoms with Gasteiger partial charge in [0.25, 0.3) is 0 Å². The average molecular weight is 211 g/mol. The van der Waals surface area contributed by atoms with Crippen LogP contribution in [0.1, 0.15) is 59.8 Å². The van der Waals surface area contributed by atoms with Crippen LogP contribution in [0.4, 0.5) is 0 Å². The Morgan fingerprint density at radius 3 is 2.33 bits per heavy atom. The van der Waals surface area contributed by atoms with Crippen LogP contribution in [0, 0.1) is 23.2 Å². The van der Waals surface area contributed by atoms with E-state index in [9.17, 15) is 0 Å². The van der Waals surface area contributed by atoms with Crippen LogP contribution in [0.25, 0.3) is 0 Å². The van der Waals surface area contributed by atoms with Crippen molar-refractivity contribution < 1.29 is 0 Å². The highest BCUT2D eigenvalue weighted by Gasteiger charge is 2.36. The van der Waals surface area contributed by atoms with Crippen molar-refractivity contribution in [3.63, 3.8) is 0 Å². The molecular weight excluding hydrogens is 182 g/mol. The first-order valence-corrected chi connectivity index (χ1v) is 6.69. The number of rotatable bonds is 3. The molecule has 0 amide bonds. The molecule has 0 aromatic carbocycles. The Bertz CT molecular complexity index is 180. The number of hydrogen-bond donors (Lipinski definition) is 1. The van der Waals surface area contributed by atoms with Crippen molar-refractivity contribution in [1.82, 2.24) is 0 Å². The van der Waals surface area contributed by atoms with Crippen LogP contribution in [-0.2, 0) is 0 Å².